The fourth-order valence-corrected chi connectivity index (χ4v) is 1.13. The Morgan fingerprint density at radius 1 is 1.54 bits per heavy atom. The van der Waals surface area contributed by atoms with Crippen LogP contribution in [0.15, 0.2) is 18.2 Å². The molecule has 1 rings (SSSR count). The molecule has 2 N–H and O–H groups in total. The lowest BCUT2D eigenvalue weighted by Crippen LogP contribution is -2.10. The number of carbonyl (C=O) groups excluding carboxylic acids is 1. The zero-order valence-corrected chi connectivity index (χ0v) is 7.51. The van der Waals surface area contributed by atoms with E-state index in [0.717, 1.165) is 0 Å². The second-order valence-electron chi connectivity index (χ2n) is 2.90. The van der Waals surface area contributed by atoms with Crippen molar-refractivity contribution in [1.82, 2.24) is 0 Å². The van der Waals surface area contributed by atoms with Crippen LogP contribution in [0.4, 0.5) is 4.39 Å². The Balaban J connectivity index is 3.01. The Morgan fingerprint density at radius 3 is 2.85 bits per heavy atom. The maximum Gasteiger partial charge on any atom is 0.167 e. The molecule has 0 aliphatic heterocycles. The molecule has 1 aromatic carbocycles. The van der Waals surface area contributed by atoms with Gasteiger partial charge in [0.1, 0.15) is 5.82 Å². The standard InChI is InChI=1S/C10H12FNO/c1-7-3-2-4-8(10(7)11)9(13)5-6-12/h2-4H,5-6,12H2,1H3. The zero-order valence-electron chi connectivity index (χ0n) is 7.51. The molecule has 0 heterocycles. The van der Waals surface area contributed by atoms with Crippen molar-refractivity contribution in [2.45, 2.75) is 13.3 Å². The number of nitrogens with two attached hydrogens (primary N) is 1. The normalized spacial score (nSPS) is 10.1. The predicted octanol–water partition coefficient (Wildman–Crippen LogP) is 1.67. The van der Waals surface area contributed by atoms with E-state index in [1.54, 1.807) is 19.1 Å². The number of carbonyl (C=O) groups is 1. The van der Waals surface area contributed by atoms with Gasteiger partial charge in [-0.2, -0.15) is 0 Å². The number of benzene rings is 1. The van der Waals surface area contributed by atoms with E-state index in [-0.39, 0.29) is 24.3 Å². The van der Waals surface area contributed by atoms with Crippen LogP contribution in [0.1, 0.15) is 22.3 Å². The highest BCUT2D eigenvalue weighted by molar-refractivity contribution is 5.96. The van der Waals surface area contributed by atoms with Crippen molar-refractivity contribution in [2.75, 3.05) is 6.54 Å². The number of rotatable bonds is 3. The first kappa shape index (κ1) is 9.86. The number of aryl methyl sites for hydroxylation is 1. The maximum atomic E-state index is 13.3. The third kappa shape index (κ3) is 2.12. The summed E-state index contributed by atoms with van der Waals surface area (Å²) in [7, 11) is 0. The number of ketones is 1. The van der Waals surface area contributed by atoms with Crippen LogP contribution in [0.25, 0.3) is 0 Å². The van der Waals surface area contributed by atoms with Gasteiger partial charge in [-0.25, -0.2) is 4.39 Å². The van der Waals surface area contributed by atoms with Crippen LogP contribution < -0.4 is 5.73 Å². The third-order valence-corrected chi connectivity index (χ3v) is 1.86. The number of hydrogen-bond acceptors (Lipinski definition) is 2. The van der Waals surface area contributed by atoms with Gasteiger partial charge in [0.15, 0.2) is 5.78 Å². The molecular weight excluding hydrogens is 169 g/mol. The fourth-order valence-electron chi connectivity index (χ4n) is 1.13. The Hall–Kier alpha value is -1.22. The molecule has 0 saturated carbocycles. The molecule has 70 valence electrons. The van der Waals surface area contributed by atoms with Crippen LogP contribution in [-0.4, -0.2) is 12.3 Å². The molecule has 0 aliphatic rings. The van der Waals surface area contributed by atoms with Crippen molar-refractivity contribution in [3.8, 4) is 0 Å². The predicted molar refractivity (Wildman–Crippen MR) is 49.1 cm³/mol. The van der Waals surface area contributed by atoms with Gasteiger partial charge in [0.05, 0.1) is 5.56 Å². The van der Waals surface area contributed by atoms with Crippen molar-refractivity contribution in [2.24, 2.45) is 5.73 Å². The van der Waals surface area contributed by atoms with Crippen LogP contribution in [0.3, 0.4) is 0 Å². The zero-order chi connectivity index (χ0) is 9.84. The first-order valence-electron chi connectivity index (χ1n) is 4.15. The smallest absolute Gasteiger partial charge is 0.167 e. The molecule has 3 heteroatoms. The monoisotopic (exact) mass is 181 g/mol. The summed E-state index contributed by atoms with van der Waals surface area (Å²) >= 11 is 0. The molecule has 0 aromatic heterocycles. The lowest BCUT2D eigenvalue weighted by Gasteiger charge is -2.02. The van der Waals surface area contributed by atoms with Gasteiger partial charge in [0, 0.05) is 6.42 Å². The van der Waals surface area contributed by atoms with Crippen molar-refractivity contribution in [3.63, 3.8) is 0 Å². The van der Waals surface area contributed by atoms with Crippen LogP contribution in [-0.2, 0) is 0 Å². The molecule has 0 atom stereocenters. The van der Waals surface area contributed by atoms with Gasteiger partial charge in [-0.05, 0) is 25.1 Å². The van der Waals surface area contributed by atoms with E-state index in [1.807, 2.05) is 0 Å². The van der Waals surface area contributed by atoms with E-state index in [9.17, 15) is 9.18 Å². The van der Waals surface area contributed by atoms with E-state index in [4.69, 9.17) is 5.73 Å². The topological polar surface area (TPSA) is 43.1 Å². The SMILES string of the molecule is Cc1cccc(C(=O)CCN)c1F. The second kappa shape index (κ2) is 4.14. The van der Waals surface area contributed by atoms with E-state index in [1.165, 1.54) is 6.07 Å². The number of hydrogen-bond donors (Lipinski definition) is 1. The highest BCUT2D eigenvalue weighted by Gasteiger charge is 2.11. The van der Waals surface area contributed by atoms with Crippen molar-refractivity contribution < 1.29 is 9.18 Å². The first-order valence-corrected chi connectivity index (χ1v) is 4.15. The Bertz CT molecular complexity index is 323. The molecule has 0 saturated heterocycles. The lowest BCUT2D eigenvalue weighted by atomic mass is 10.0. The number of Topliss-reactive ketones (excluding diaryl/α,β-unsaturated/α-hetero) is 1. The van der Waals surface area contributed by atoms with Crippen LogP contribution >= 0.6 is 0 Å². The van der Waals surface area contributed by atoms with Crippen molar-refractivity contribution in [3.05, 3.63) is 35.1 Å². The minimum atomic E-state index is -0.430. The summed E-state index contributed by atoms with van der Waals surface area (Å²) in [5, 5.41) is 0. The van der Waals surface area contributed by atoms with E-state index < -0.39 is 5.82 Å². The van der Waals surface area contributed by atoms with Gasteiger partial charge < -0.3 is 5.73 Å². The molecule has 2 nitrogen and oxygen atoms in total. The van der Waals surface area contributed by atoms with Gasteiger partial charge in [-0.3, -0.25) is 4.79 Å². The summed E-state index contributed by atoms with van der Waals surface area (Å²) in [6.45, 7) is 1.89. The van der Waals surface area contributed by atoms with Crippen LogP contribution in [0.2, 0.25) is 0 Å². The summed E-state index contributed by atoms with van der Waals surface area (Å²) in [6.07, 6.45) is 0.195. The average Bonchev–Trinajstić information content (AvgIpc) is 2.10. The summed E-state index contributed by atoms with van der Waals surface area (Å²) in [5.74, 6) is -0.662. The summed E-state index contributed by atoms with van der Waals surface area (Å²) in [5.41, 5.74) is 5.84. The van der Waals surface area contributed by atoms with Gasteiger partial charge >= 0.3 is 0 Å². The molecule has 0 radical (unpaired) electrons. The molecule has 0 fully saturated rings. The van der Waals surface area contributed by atoms with E-state index in [2.05, 4.69) is 0 Å². The van der Waals surface area contributed by atoms with Crippen LogP contribution in [0.5, 0.6) is 0 Å². The molecular formula is C10H12FNO. The Kier molecular flexibility index (Phi) is 3.14. The van der Waals surface area contributed by atoms with E-state index in [0.29, 0.717) is 5.56 Å². The maximum absolute atomic E-state index is 13.3. The van der Waals surface area contributed by atoms with Crippen molar-refractivity contribution in [1.29, 1.82) is 0 Å². The lowest BCUT2D eigenvalue weighted by molar-refractivity contribution is 0.0981. The van der Waals surface area contributed by atoms with Crippen molar-refractivity contribution >= 4 is 5.78 Å². The molecule has 0 unspecified atom stereocenters. The molecule has 0 bridgehead atoms. The second-order valence-corrected chi connectivity index (χ2v) is 2.90. The largest absolute Gasteiger partial charge is 0.330 e. The van der Waals surface area contributed by atoms with Crippen LogP contribution in [0, 0.1) is 12.7 Å². The fraction of sp³-hybridized carbons (Fsp3) is 0.300. The minimum absolute atomic E-state index is 0.144. The molecule has 0 amide bonds. The van der Waals surface area contributed by atoms with Gasteiger partial charge in [-0.1, -0.05) is 12.1 Å². The third-order valence-electron chi connectivity index (χ3n) is 1.86. The van der Waals surface area contributed by atoms with Gasteiger partial charge in [0.25, 0.3) is 0 Å². The molecule has 0 spiro atoms. The number of halogens is 1. The molecule has 1 aromatic rings. The first-order chi connectivity index (χ1) is 6.16. The van der Waals surface area contributed by atoms with E-state index >= 15 is 0 Å². The minimum Gasteiger partial charge on any atom is -0.330 e. The Morgan fingerprint density at radius 2 is 2.23 bits per heavy atom. The van der Waals surface area contributed by atoms with Gasteiger partial charge in [0.2, 0.25) is 0 Å². The van der Waals surface area contributed by atoms with Gasteiger partial charge in [-0.15, -0.1) is 0 Å². The summed E-state index contributed by atoms with van der Waals surface area (Å²) in [6, 6.07) is 4.79. The summed E-state index contributed by atoms with van der Waals surface area (Å²) in [4.78, 5) is 11.3. The average molecular weight is 181 g/mol. The highest BCUT2D eigenvalue weighted by atomic mass is 19.1. The quantitative estimate of drug-likeness (QED) is 0.721. The highest BCUT2D eigenvalue weighted by Crippen LogP contribution is 2.13. The molecule has 0 aliphatic carbocycles. The summed E-state index contributed by atoms with van der Waals surface area (Å²) < 4.78 is 13.3. The Labute approximate surface area is 76.6 Å². The molecule has 13 heavy (non-hydrogen) atoms.